The van der Waals surface area contributed by atoms with Crippen molar-refractivity contribution >= 4 is 10.9 Å². The molecule has 0 saturated carbocycles. The van der Waals surface area contributed by atoms with E-state index >= 15 is 0 Å². The number of nitrogens with zero attached hydrogens (tertiary/aromatic N) is 2. The van der Waals surface area contributed by atoms with Crippen molar-refractivity contribution in [3.05, 3.63) is 42.1 Å². The highest BCUT2D eigenvalue weighted by atomic mass is 15.1. The summed E-state index contributed by atoms with van der Waals surface area (Å²) in [5.41, 5.74) is 2.65. The van der Waals surface area contributed by atoms with Crippen LogP contribution in [0.3, 0.4) is 0 Å². The van der Waals surface area contributed by atoms with Gasteiger partial charge < -0.3 is 10.2 Å². The van der Waals surface area contributed by atoms with E-state index in [2.05, 4.69) is 54.5 Å². The normalized spacial score (nSPS) is 19.0. The Morgan fingerprint density at radius 1 is 1.14 bits per heavy atom. The average Bonchev–Trinajstić information content (AvgIpc) is 2.50. The molecule has 0 radical (unpaired) electrons. The van der Waals surface area contributed by atoms with Crippen LogP contribution in [0.1, 0.15) is 25.5 Å². The van der Waals surface area contributed by atoms with Crippen LogP contribution in [0.15, 0.2) is 36.4 Å². The van der Waals surface area contributed by atoms with Crippen molar-refractivity contribution < 1.29 is 0 Å². The molecule has 0 spiro atoms. The van der Waals surface area contributed by atoms with Gasteiger partial charge in [-0.1, -0.05) is 31.2 Å². The first kappa shape index (κ1) is 14.5. The number of para-hydroxylation sites is 1. The monoisotopic (exact) mass is 283 g/mol. The zero-order valence-corrected chi connectivity index (χ0v) is 13.1. The molecule has 1 aliphatic heterocycles. The smallest absolute Gasteiger partial charge is 0.0705 e. The summed E-state index contributed by atoms with van der Waals surface area (Å²) in [5.74, 6) is 0. The summed E-state index contributed by atoms with van der Waals surface area (Å²) in [6, 6.07) is 12.6. The Kier molecular flexibility index (Phi) is 4.22. The fraction of sp³-hybridized carbons (Fsp3) is 0.500. The number of nitrogens with one attached hydrogen (secondary N) is 1. The van der Waals surface area contributed by atoms with E-state index in [1.807, 2.05) is 6.07 Å². The fourth-order valence-electron chi connectivity index (χ4n) is 3.03. The van der Waals surface area contributed by atoms with Gasteiger partial charge >= 0.3 is 0 Å². The van der Waals surface area contributed by atoms with Crippen molar-refractivity contribution in [2.24, 2.45) is 5.41 Å². The zero-order valence-electron chi connectivity index (χ0n) is 13.1. The molecular weight excluding hydrogens is 258 g/mol. The second kappa shape index (κ2) is 6.12. The van der Waals surface area contributed by atoms with E-state index in [1.54, 1.807) is 0 Å². The van der Waals surface area contributed by atoms with Crippen molar-refractivity contribution in [1.82, 2.24) is 15.2 Å². The molecule has 0 unspecified atom stereocenters. The lowest BCUT2D eigenvalue weighted by atomic mass is 9.80. The number of fused-ring (bicyclic) bond motifs is 1. The van der Waals surface area contributed by atoms with Crippen LogP contribution in [0.4, 0.5) is 0 Å². The largest absolute Gasteiger partial charge is 0.311 e. The van der Waals surface area contributed by atoms with Gasteiger partial charge in [-0.2, -0.15) is 0 Å². The van der Waals surface area contributed by atoms with E-state index in [9.17, 15) is 0 Å². The maximum Gasteiger partial charge on any atom is 0.0705 e. The minimum Gasteiger partial charge on any atom is -0.311 e. The fourth-order valence-corrected chi connectivity index (χ4v) is 3.03. The number of hydrogen-bond acceptors (Lipinski definition) is 3. The number of piperidine rings is 1. The van der Waals surface area contributed by atoms with Crippen LogP contribution in [0.5, 0.6) is 0 Å². The van der Waals surface area contributed by atoms with Crippen LogP contribution in [0, 0.1) is 5.41 Å². The maximum atomic E-state index is 4.72. The highest BCUT2D eigenvalue weighted by Crippen LogP contribution is 2.29. The molecule has 1 aromatic heterocycles. The van der Waals surface area contributed by atoms with E-state index in [1.165, 1.54) is 31.3 Å². The minimum atomic E-state index is 0.434. The molecule has 3 rings (SSSR count). The van der Waals surface area contributed by atoms with Crippen LogP contribution < -0.4 is 5.32 Å². The quantitative estimate of drug-likeness (QED) is 0.935. The highest BCUT2D eigenvalue weighted by Gasteiger charge is 2.28. The molecule has 1 aromatic carbocycles. The van der Waals surface area contributed by atoms with Gasteiger partial charge in [0.15, 0.2) is 0 Å². The third-order valence-corrected chi connectivity index (χ3v) is 4.71. The molecule has 0 atom stereocenters. The first-order valence-corrected chi connectivity index (χ1v) is 7.89. The van der Waals surface area contributed by atoms with E-state index in [0.717, 1.165) is 24.3 Å². The second-order valence-corrected chi connectivity index (χ2v) is 6.71. The Morgan fingerprint density at radius 2 is 1.90 bits per heavy atom. The Bertz CT molecular complexity index is 600. The Balaban J connectivity index is 1.56. The van der Waals surface area contributed by atoms with Crippen LogP contribution in [-0.4, -0.2) is 36.6 Å². The second-order valence-electron chi connectivity index (χ2n) is 6.71. The van der Waals surface area contributed by atoms with Crippen molar-refractivity contribution in [3.8, 4) is 0 Å². The first-order valence-electron chi connectivity index (χ1n) is 7.89. The van der Waals surface area contributed by atoms with Crippen LogP contribution in [0.25, 0.3) is 10.9 Å². The summed E-state index contributed by atoms with van der Waals surface area (Å²) in [7, 11) is 2.21. The van der Waals surface area contributed by atoms with E-state index in [0.29, 0.717) is 5.41 Å². The Hall–Kier alpha value is -1.45. The molecule has 2 aromatic rings. The molecule has 112 valence electrons. The number of aromatic nitrogens is 1. The molecule has 1 N–H and O–H groups in total. The third-order valence-electron chi connectivity index (χ3n) is 4.71. The highest BCUT2D eigenvalue weighted by molar-refractivity contribution is 5.78. The lowest BCUT2D eigenvalue weighted by Crippen LogP contribution is -2.41. The number of rotatable bonds is 4. The van der Waals surface area contributed by atoms with Gasteiger partial charge in [0.2, 0.25) is 0 Å². The van der Waals surface area contributed by atoms with Crippen molar-refractivity contribution in [2.75, 3.05) is 26.7 Å². The summed E-state index contributed by atoms with van der Waals surface area (Å²) >= 11 is 0. The predicted octanol–water partition coefficient (Wildman–Crippen LogP) is 3.06. The molecule has 0 aliphatic carbocycles. The van der Waals surface area contributed by atoms with Gasteiger partial charge in [-0.3, -0.25) is 4.98 Å². The molecule has 1 saturated heterocycles. The SMILES string of the molecule is CN1CCC(C)(CNCc2ccc3ccccc3n2)CC1. The summed E-state index contributed by atoms with van der Waals surface area (Å²) in [6.45, 7) is 6.77. The summed E-state index contributed by atoms with van der Waals surface area (Å²) in [4.78, 5) is 7.15. The predicted molar refractivity (Wildman–Crippen MR) is 88.3 cm³/mol. The molecule has 2 heterocycles. The van der Waals surface area contributed by atoms with Gasteiger partial charge in [0.05, 0.1) is 11.2 Å². The van der Waals surface area contributed by atoms with Gasteiger partial charge in [-0.15, -0.1) is 0 Å². The number of likely N-dealkylation sites (tertiary alicyclic amines) is 1. The molecule has 0 amide bonds. The lowest BCUT2D eigenvalue weighted by molar-refractivity contribution is 0.136. The minimum absolute atomic E-state index is 0.434. The van der Waals surface area contributed by atoms with Gasteiger partial charge in [0.1, 0.15) is 0 Å². The molecule has 3 heteroatoms. The van der Waals surface area contributed by atoms with Gasteiger partial charge in [-0.25, -0.2) is 0 Å². The third kappa shape index (κ3) is 3.60. The van der Waals surface area contributed by atoms with Gasteiger partial charge in [0.25, 0.3) is 0 Å². The lowest BCUT2D eigenvalue weighted by Gasteiger charge is -2.38. The maximum absolute atomic E-state index is 4.72. The number of pyridine rings is 1. The first-order chi connectivity index (χ1) is 10.1. The molecule has 21 heavy (non-hydrogen) atoms. The zero-order chi connectivity index (χ0) is 14.7. The van der Waals surface area contributed by atoms with E-state index in [-0.39, 0.29) is 0 Å². The van der Waals surface area contributed by atoms with Crippen LogP contribution in [0.2, 0.25) is 0 Å². The van der Waals surface area contributed by atoms with Crippen LogP contribution >= 0.6 is 0 Å². The van der Waals surface area contributed by atoms with E-state index < -0.39 is 0 Å². The van der Waals surface area contributed by atoms with Crippen molar-refractivity contribution in [3.63, 3.8) is 0 Å². The molecule has 3 nitrogen and oxygen atoms in total. The van der Waals surface area contributed by atoms with Crippen molar-refractivity contribution in [1.29, 1.82) is 0 Å². The van der Waals surface area contributed by atoms with Gasteiger partial charge in [-0.05, 0) is 50.5 Å². The molecule has 1 fully saturated rings. The van der Waals surface area contributed by atoms with E-state index in [4.69, 9.17) is 4.98 Å². The summed E-state index contributed by atoms with van der Waals surface area (Å²) < 4.78 is 0. The molecule has 1 aliphatic rings. The van der Waals surface area contributed by atoms with Gasteiger partial charge in [0, 0.05) is 18.5 Å². The molecular formula is C18H25N3. The summed E-state index contributed by atoms with van der Waals surface area (Å²) in [6.07, 6.45) is 2.56. The topological polar surface area (TPSA) is 28.2 Å². The standard InChI is InChI=1S/C18H25N3/c1-18(9-11-21(2)12-10-18)14-19-13-16-8-7-15-5-3-4-6-17(15)20-16/h3-8,19H,9-14H2,1-2H3. The van der Waals surface area contributed by atoms with Crippen molar-refractivity contribution in [2.45, 2.75) is 26.3 Å². The average molecular weight is 283 g/mol. The number of hydrogen-bond donors (Lipinski definition) is 1. The summed E-state index contributed by atoms with van der Waals surface area (Å²) in [5, 5.41) is 4.82. The number of benzene rings is 1. The molecule has 0 bridgehead atoms. The Labute approximate surface area is 127 Å². The van der Waals surface area contributed by atoms with Crippen LogP contribution in [-0.2, 0) is 6.54 Å². The Morgan fingerprint density at radius 3 is 2.71 bits per heavy atom.